The smallest absolute Gasteiger partial charge is 0.264 e. The van der Waals surface area contributed by atoms with Crippen molar-refractivity contribution in [3.8, 4) is 11.5 Å². The number of carbonyl (C=O) groups is 1. The first-order valence-corrected chi connectivity index (χ1v) is 7.74. The predicted molar refractivity (Wildman–Crippen MR) is 83.4 cm³/mol. The van der Waals surface area contributed by atoms with E-state index in [9.17, 15) is 9.59 Å². The molecule has 0 bridgehead atoms. The first kappa shape index (κ1) is 15.2. The fourth-order valence-corrected chi connectivity index (χ4v) is 2.20. The fourth-order valence-electron chi connectivity index (χ4n) is 1.67. The van der Waals surface area contributed by atoms with E-state index >= 15 is 0 Å². The molecule has 0 aliphatic carbocycles. The Morgan fingerprint density at radius 2 is 2.24 bits per heavy atom. The molecule has 21 heavy (non-hydrogen) atoms. The molecule has 0 fully saturated rings. The van der Waals surface area contributed by atoms with Crippen molar-refractivity contribution in [1.82, 2.24) is 20.3 Å². The molecule has 6 nitrogen and oxygen atoms in total. The normalized spacial score (nSPS) is 10.3. The van der Waals surface area contributed by atoms with Crippen molar-refractivity contribution in [2.75, 3.05) is 18.1 Å². The third kappa shape index (κ3) is 4.16. The molecule has 0 aliphatic rings. The minimum atomic E-state index is -0.466. The van der Waals surface area contributed by atoms with E-state index in [2.05, 4.69) is 27.2 Å². The zero-order chi connectivity index (χ0) is 15.1. The van der Waals surface area contributed by atoms with E-state index < -0.39 is 11.5 Å². The molecule has 2 aromatic heterocycles. The molecule has 110 valence electrons. The molecule has 0 spiro atoms. The molecule has 2 rings (SSSR count). The summed E-state index contributed by atoms with van der Waals surface area (Å²) in [5, 5.41) is 2.70. The maximum Gasteiger partial charge on any atom is 0.264 e. The second-order valence-electron chi connectivity index (χ2n) is 4.14. The second kappa shape index (κ2) is 7.58. The molecular weight excluding hydrogens is 288 g/mol. The number of amides is 1. The molecule has 2 heterocycles. The van der Waals surface area contributed by atoms with Crippen LogP contribution in [0, 0.1) is 0 Å². The average molecular weight is 304 g/mol. The van der Waals surface area contributed by atoms with Crippen LogP contribution >= 0.6 is 11.8 Å². The van der Waals surface area contributed by atoms with E-state index in [0.29, 0.717) is 18.1 Å². The van der Waals surface area contributed by atoms with Crippen molar-refractivity contribution in [1.29, 1.82) is 0 Å². The summed E-state index contributed by atoms with van der Waals surface area (Å²) in [4.78, 5) is 34.6. The Morgan fingerprint density at radius 1 is 1.38 bits per heavy atom. The van der Waals surface area contributed by atoms with Crippen LogP contribution in [0.5, 0.6) is 0 Å². The quantitative estimate of drug-likeness (QED) is 0.786. The molecule has 7 heteroatoms. The lowest BCUT2D eigenvalue weighted by Gasteiger charge is -2.04. The summed E-state index contributed by atoms with van der Waals surface area (Å²) >= 11 is 1.72. The lowest BCUT2D eigenvalue weighted by atomic mass is 10.3. The summed E-state index contributed by atoms with van der Waals surface area (Å²) in [5.41, 5.74) is 0.100. The number of thioether (sulfide) groups is 1. The summed E-state index contributed by atoms with van der Waals surface area (Å²) in [5.74, 6) is 1.75. The van der Waals surface area contributed by atoms with Crippen LogP contribution in [0.3, 0.4) is 0 Å². The van der Waals surface area contributed by atoms with E-state index in [-0.39, 0.29) is 5.56 Å². The van der Waals surface area contributed by atoms with Gasteiger partial charge in [-0.15, -0.1) is 0 Å². The van der Waals surface area contributed by atoms with Crippen LogP contribution in [-0.4, -0.2) is 38.9 Å². The largest absolute Gasteiger partial charge is 0.351 e. The molecule has 0 unspecified atom stereocenters. The molecular formula is C14H16N4O2S. The Bertz CT molecular complexity index is 658. The van der Waals surface area contributed by atoms with Gasteiger partial charge in [0.2, 0.25) is 0 Å². The Morgan fingerprint density at radius 3 is 2.90 bits per heavy atom. The van der Waals surface area contributed by atoms with Gasteiger partial charge in [-0.2, -0.15) is 11.8 Å². The number of nitrogens with zero attached hydrogens (tertiary/aromatic N) is 2. The lowest BCUT2D eigenvalue weighted by Crippen LogP contribution is -2.31. The van der Waals surface area contributed by atoms with Crippen LogP contribution in [0.2, 0.25) is 0 Å². The minimum Gasteiger partial charge on any atom is -0.351 e. The molecule has 0 saturated heterocycles. The van der Waals surface area contributed by atoms with Crippen molar-refractivity contribution in [2.45, 2.75) is 6.92 Å². The van der Waals surface area contributed by atoms with Crippen LogP contribution in [0.15, 0.2) is 35.4 Å². The number of H-pyrrole nitrogens is 1. The number of nitrogens with one attached hydrogen (secondary N) is 2. The van der Waals surface area contributed by atoms with E-state index in [1.807, 2.05) is 0 Å². The summed E-state index contributed by atoms with van der Waals surface area (Å²) in [6, 6.07) is 5.31. The van der Waals surface area contributed by atoms with Crippen LogP contribution in [0.25, 0.3) is 11.5 Å². The maximum atomic E-state index is 12.0. The third-order valence-corrected chi connectivity index (χ3v) is 3.59. The van der Waals surface area contributed by atoms with E-state index in [4.69, 9.17) is 0 Å². The molecule has 0 atom stereocenters. The average Bonchev–Trinajstić information content (AvgIpc) is 2.52. The third-order valence-electron chi connectivity index (χ3n) is 2.69. The molecule has 0 radical (unpaired) electrons. The van der Waals surface area contributed by atoms with Crippen molar-refractivity contribution < 1.29 is 4.79 Å². The summed E-state index contributed by atoms with van der Waals surface area (Å²) < 4.78 is 0. The van der Waals surface area contributed by atoms with Crippen LogP contribution < -0.4 is 10.9 Å². The Labute approximate surface area is 126 Å². The second-order valence-corrected chi connectivity index (χ2v) is 5.54. The molecule has 0 aliphatic heterocycles. The first-order valence-electron chi connectivity index (χ1n) is 6.59. The summed E-state index contributed by atoms with van der Waals surface area (Å²) in [6.45, 7) is 2.58. The Balaban J connectivity index is 2.09. The number of rotatable bonds is 6. The standard InChI is InChI=1S/C14H16N4O2S/c1-2-21-8-7-16-13(19)10-9-17-12(18-14(10)20)11-5-3-4-6-15-11/h3-6,9H,2,7-8H2,1H3,(H,16,19)(H,17,18,20). The van der Waals surface area contributed by atoms with Crippen molar-refractivity contribution >= 4 is 17.7 Å². The predicted octanol–water partition coefficient (Wildman–Crippen LogP) is 1.31. The van der Waals surface area contributed by atoms with Crippen LogP contribution in [0.4, 0.5) is 0 Å². The highest BCUT2D eigenvalue weighted by atomic mass is 32.2. The highest BCUT2D eigenvalue weighted by molar-refractivity contribution is 7.99. The SMILES string of the molecule is CCSCCNC(=O)c1cnc(-c2ccccn2)[nH]c1=O. The number of hydrogen-bond acceptors (Lipinski definition) is 5. The lowest BCUT2D eigenvalue weighted by molar-refractivity contribution is 0.0954. The van der Waals surface area contributed by atoms with Gasteiger partial charge in [0, 0.05) is 24.7 Å². The van der Waals surface area contributed by atoms with Gasteiger partial charge in [0.25, 0.3) is 11.5 Å². The molecule has 0 saturated carbocycles. The van der Waals surface area contributed by atoms with Crippen molar-refractivity contribution in [3.63, 3.8) is 0 Å². The van der Waals surface area contributed by atoms with Gasteiger partial charge in [-0.25, -0.2) is 4.98 Å². The Kier molecular flexibility index (Phi) is 5.51. The number of pyridine rings is 1. The number of aromatic amines is 1. The van der Waals surface area contributed by atoms with E-state index in [0.717, 1.165) is 11.5 Å². The van der Waals surface area contributed by atoms with Gasteiger partial charge < -0.3 is 10.3 Å². The molecule has 1 amide bonds. The van der Waals surface area contributed by atoms with E-state index in [1.165, 1.54) is 6.20 Å². The maximum absolute atomic E-state index is 12.0. The van der Waals surface area contributed by atoms with E-state index in [1.54, 1.807) is 36.2 Å². The highest BCUT2D eigenvalue weighted by Gasteiger charge is 2.12. The topological polar surface area (TPSA) is 87.7 Å². The van der Waals surface area contributed by atoms with Gasteiger partial charge in [-0.05, 0) is 17.9 Å². The fraction of sp³-hybridized carbons (Fsp3) is 0.286. The summed E-state index contributed by atoms with van der Waals surface area (Å²) in [7, 11) is 0. The first-order chi connectivity index (χ1) is 10.2. The van der Waals surface area contributed by atoms with Gasteiger partial charge in [0.05, 0.1) is 0 Å². The number of hydrogen-bond donors (Lipinski definition) is 2. The van der Waals surface area contributed by atoms with Crippen LogP contribution in [-0.2, 0) is 0 Å². The van der Waals surface area contributed by atoms with Crippen molar-refractivity contribution in [2.24, 2.45) is 0 Å². The number of aromatic nitrogens is 3. The van der Waals surface area contributed by atoms with Gasteiger partial charge in [-0.1, -0.05) is 13.0 Å². The summed E-state index contributed by atoms with van der Waals surface area (Å²) in [6.07, 6.45) is 2.90. The number of carbonyl (C=O) groups excluding carboxylic acids is 1. The molecule has 2 N–H and O–H groups in total. The van der Waals surface area contributed by atoms with Crippen LogP contribution in [0.1, 0.15) is 17.3 Å². The Hall–Kier alpha value is -2.15. The van der Waals surface area contributed by atoms with Gasteiger partial charge in [0.1, 0.15) is 11.3 Å². The van der Waals surface area contributed by atoms with Gasteiger partial charge in [0.15, 0.2) is 5.82 Å². The highest BCUT2D eigenvalue weighted by Crippen LogP contribution is 2.07. The van der Waals surface area contributed by atoms with Gasteiger partial charge >= 0.3 is 0 Å². The van der Waals surface area contributed by atoms with Gasteiger partial charge in [-0.3, -0.25) is 14.6 Å². The zero-order valence-electron chi connectivity index (χ0n) is 11.6. The molecule has 2 aromatic rings. The minimum absolute atomic E-state index is 0.0104. The van der Waals surface area contributed by atoms with Crippen molar-refractivity contribution in [3.05, 3.63) is 46.5 Å². The monoisotopic (exact) mass is 304 g/mol. The zero-order valence-corrected chi connectivity index (χ0v) is 12.4. The molecule has 0 aromatic carbocycles.